The molecule has 0 spiro atoms. The molecular weight excluding hydrogens is 246 g/mol. The monoisotopic (exact) mass is 265 g/mol. The van der Waals surface area contributed by atoms with Gasteiger partial charge >= 0.3 is 5.97 Å². The van der Waals surface area contributed by atoms with Crippen LogP contribution in [0.5, 0.6) is 0 Å². The molecule has 0 saturated heterocycles. The smallest absolute Gasteiger partial charge is 0.303 e. The summed E-state index contributed by atoms with van der Waals surface area (Å²) in [6, 6.07) is 0. The fourth-order valence-corrected chi connectivity index (χ4v) is 2.31. The third kappa shape index (κ3) is 3.13. The second-order valence-electron chi connectivity index (χ2n) is 5.56. The number of nitrogens with zero attached hydrogens (tertiary/aromatic N) is 2. The first-order valence-corrected chi connectivity index (χ1v) is 6.48. The lowest BCUT2D eigenvalue weighted by atomic mass is 9.97. The van der Waals surface area contributed by atoms with E-state index in [1.54, 1.807) is 6.20 Å². The maximum Gasteiger partial charge on any atom is 0.303 e. The number of amides is 1. The van der Waals surface area contributed by atoms with Crippen molar-refractivity contribution in [1.82, 2.24) is 15.1 Å². The van der Waals surface area contributed by atoms with Crippen LogP contribution in [0.25, 0.3) is 0 Å². The number of carboxylic acid groups (broad SMARTS) is 1. The molecule has 0 saturated carbocycles. The molecule has 104 valence electrons. The Labute approximate surface area is 111 Å². The first kappa shape index (κ1) is 13.6. The van der Waals surface area contributed by atoms with Crippen molar-refractivity contribution in [3.8, 4) is 0 Å². The third-order valence-corrected chi connectivity index (χ3v) is 3.39. The van der Waals surface area contributed by atoms with E-state index in [-0.39, 0.29) is 12.3 Å². The number of hydrogen-bond acceptors (Lipinski definition) is 3. The topological polar surface area (TPSA) is 84.2 Å². The van der Waals surface area contributed by atoms with Crippen LogP contribution in [0.15, 0.2) is 6.20 Å². The van der Waals surface area contributed by atoms with Gasteiger partial charge in [0.05, 0.1) is 17.5 Å². The quantitative estimate of drug-likeness (QED) is 0.838. The fraction of sp³-hybridized carbons (Fsp3) is 0.615. The van der Waals surface area contributed by atoms with Crippen molar-refractivity contribution >= 4 is 11.9 Å². The van der Waals surface area contributed by atoms with Gasteiger partial charge in [-0.05, 0) is 33.1 Å². The van der Waals surface area contributed by atoms with Gasteiger partial charge in [-0.15, -0.1) is 0 Å². The van der Waals surface area contributed by atoms with Crippen LogP contribution in [-0.2, 0) is 17.8 Å². The molecule has 0 unspecified atom stereocenters. The summed E-state index contributed by atoms with van der Waals surface area (Å²) >= 11 is 0. The number of nitrogens with one attached hydrogen (secondary N) is 1. The van der Waals surface area contributed by atoms with E-state index < -0.39 is 11.5 Å². The number of rotatable bonds is 5. The zero-order valence-electron chi connectivity index (χ0n) is 11.3. The summed E-state index contributed by atoms with van der Waals surface area (Å²) in [6.07, 6.45) is 3.93. The first-order chi connectivity index (χ1) is 8.89. The second kappa shape index (κ2) is 5.03. The summed E-state index contributed by atoms with van der Waals surface area (Å²) in [5.41, 5.74) is 1.05. The zero-order valence-corrected chi connectivity index (χ0v) is 11.3. The molecule has 0 bridgehead atoms. The van der Waals surface area contributed by atoms with Crippen molar-refractivity contribution in [3.63, 3.8) is 0 Å². The predicted octanol–water partition coefficient (Wildman–Crippen LogP) is 1.20. The Hall–Kier alpha value is -1.85. The van der Waals surface area contributed by atoms with Crippen LogP contribution in [0, 0.1) is 0 Å². The average molecular weight is 265 g/mol. The van der Waals surface area contributed by atoms with Crippen molar-refractivity contribution < 1.29 is 14.7 Å². The maximum atomic E-state index is 12.2. The zero-order chi connectivity index (χ0) is 14.0. The number of carbonyl (C=O) groups is 2. The minimum absolute atomic E-state index is 0.0411. The normalized spacial score (nSPS) is 14.2. The van der Waals surface area contributed by atoms with E-state index in [2.05, 4.69) is 10.4 Å². The summed E-state index contributed by atoms with van der Waals surface area (Å²) in [6.45, 7) is 4.53. The van der Waals surface area contributed by atoms with E-state index in [4.69, 9.17) is 5.11 Å². The van der Waals surface area contributed by atoms with E-state index in [0.717, 1.165) is 25.1 Å². The van der Waals surface area contributed by atoms with Crippen LogP contribution in [-0.4, -0.2) is 32.3 Å². The molecule has 2 N–H and O–H groups in total. The number of carboxylic acids is 1. The summed E-state index contributed by atoms with van der Waals surface area (Å²) in [5, 5.41) is 15.8. The van der Waals surface area contributed by atoms with Crippen LogP contribution in [0.4, 0.5) is 0 Å². The number of carbonyl (C=O) groups excluding carboxylic acids is 1. The minimum atomic E-state index is -0.853. The summed E-state index contributed by atoms with van der Waals surface area (Å²) < 4.78 is 1.86. The Morgan fingerprint density at radius 3 is 2.95 bits per heavy atom. The van der Waals surface area contributed by atoms with Crippen molar-refractivity contribution in [2.24, 2.45) is 0 Å². The highest BCUT2D eigenvalue weighted by molar-refractivity contribution is 5.95. The number of aromatic nitrogens is 2. The SMILES string of the molecule is CC(C)(CCC(=O)O)NC(=O)c1cnn2c1CCC2. The second-order valence-corrected chi connectivity index (χ2v) is 5.56. The van der Waals surface area contributed by atoms with Crippen molar-refractivity contribution in [3.05, 3.63) is 17.5 Å². The highest BCUT2D eigenvalue weighted by Crippen LogP contribution is 2.19. The molecule has 0 aromatic carbocycles. The lowest BCUT2D eigenvalue weighted by Gasteiger charge is -2.25. The van der Waals surface area contributed by atoms with Gasteiger partial charge in [-0.1, -0.05) is 0 Å². The predicted molar refractivity (Wildman–Crippen MR) is 69.0 cm³/mol. The lowest BCUT2D eigenvalue weighted by Crippen LogP contribution is -2.43. The molecule has 0 radical (unpaired) electrons. The van der Waals surface area contributed by atoms with Gasteiger partial charge in [-0.3, -0.25) is 14.3 Å². The third-order valence-electron chi connectivity index (χ3n) is 3.39. The van der Waals surface area contributed by atoms with E-state index >= 15 is 0 Å². The lowest BCUT2D eigenvalue weighted by molar-refractivity contribution is -0.137. The fourth-order valence-electron chi connectivity index (χ4n) is 2.31. The highest BCUT2D eigenvalue weighted by atomic mass is 16.4. The Morgan fingerprint density at radius 1 is 1.53 bits per heavy atom. The molecule has 19 heavy (non-hydrogen) atoms. The number of fused-ring (bicyclic) bond motifs is 1. The van der Waals surface area contributed by atoms with E-state index in [1.165, 1.54) is 0 Å². The van der Waals surface area contributed by atoms with Crippen LogP contribution in [0.3, 0.4) is 0 Å². The first-order valence-electron chi connectivity index (χ1n) is 6.48. The van der Waals surface area contributed by atoms with Crippen LogP contribution < -0.4 is 5.32 Å². The number of aliphatic carboxylic acids is 1. The molecule has 2 rings (SSSR count). The largest absolute Gasteiger partial charge is 0.481 e. The molecule has 1 aromatic rings. The average Bonchev–Trinajstić information content (AvgIpc) is 2.86. The molecule has 0 atom stereocenters. The molecule has 2 heterocycles. The van der Waals surface area contributed by atoms with Gasteiger partial charge in [-0.25, -0.2) is 0 Å². The molecule has 1 aliphatic heterocycles. The molecule has 1 aromatic heterocycles. The molecule has 1 amide bonds. The van der Waals surface area contributed by atoms with Gasteiger partial charge < -0.3 is 10.4 Å². The van der Waals surface area contributed by atoms with Crippen molar-refractivity contribution in [1.29, 1.82) is 0 Å². The maximum absolute atomic E-state index is 12.2. The van der Waals surface area contributed by atoms with Gasteiger partial charge in [0, 0.05) is 18.5 Å². The highest BCUT2D eigenvalue weighted by Gasteiger charge is 2.26. The molecule has 1 aliphatic rings. The number of hydrogen-bond donors (Lipinski definition) is 2. The molecule has 6 heteroatoms. The van der Waals surface area contributed by atoms with Gasteiger partial charge in [0.15, 0.2) is 0 Å². The van der Waals surface area contributed by atoms with Crippen LogP contribution in [0.1, 0.15) is 49.2 Å². The Bertz CT molecular complexity index is 505. The van der Waals surface area contributed by atoms with Crippen molar-refractivity contribution in [2.75, 3.05) is 0 Å². The summed E-state index contributed by atoms with van der Waals surface area (Å²) in [4.78, 5) is 22.8. The summed E-state index contributed by atoms with van der Waals surface area (Å²) in [7, 11) is 0. The van der Waals surface area contributed by atoms with Gasteiger partial charge in [0.25, 0.3) is 5.91 Å². The molecule has 0 aliphatic carbocycles. The van der Waals surface area contributed by atoms with E-state index in [0.29, 0.717) is 12.0 Å². The van der Waals surface area contributed by atoms with Crippen LogP contribution >= 0.6 is 0 Å². The van der Waals surface area contributed by atoms with Gasteiger partial charge in [-0.2, -0.15) is 5.10 Å². The molecular formula is C13H19N3O3. The summed E-state index contributed by atoms with van der Waals surface area (Å²) in [5.74, 6) is -1.02. The van der Waals surface area contributed by atoms with E-state index in [9.17, 15) is 9.59 Å². The Balaban J connectivity index is 2.02. The van der Waals surface area contributed by atoms with Crippen LogP contribution in [0.2, 0.25) is 0 Å². The Kier molecular flexibility index (Phi) is 3.59. The van der Waals surface area contributed by atoms with Crippen molar-refractivity contribution in [2.45, 2.75) is 51.6 Å². The van der Waals surface area contributed by atoms with E-state index in [1.807, 2.05) is 18.5 Å². The Morgan fingerprint density at radius 2 is 2.26 bits per heavy atom. The van der Waals surface area contributed by atoms with Gasteiger partial charge in [0.2, 0.25) is 0 Å². The molecule has 6 nitrogen and oxygen atoms in total. The number of aryl methyl sites for hydroxylation is 1. The standard InChI is InChI=1S/C13H19N3O3/c1-13(2,6-5-11(17)18)15-12(19)9-8-14-16-7-3-4-10(9)16/h8H,3-7H2,1-2H3,(H,15,19)(H,17,18). The van der Waals surface area contributed by atoms with Gasteiger partial charge in [0.1, 0.15) is 0 Å². The minimum Gasteiger partial charge on any atom is -0.481 e. The molecule has 0 fully saturated rings.